The van der Waals surface area contributed by atoms with Crippen LogP contribution in [0.3, 0.4) is 0 Å². The molecule has 1 N–H and O–H groups in total. The van der Waals surface area contributed by atoms with E-state index in [1.165, 1.54) is 30.5 Å². The summed E-state index contributed by atoms with van der Waals surface area (Å²) in [6, 6.07) is 16.3. The van der Waals surface area contributed by atoms with Crippen molar-refractivity contribution >= 4 is 38.9 Å². The van der Waals surface area contributed by atoms with Crippen LogP contribution in [0.4, 0.5) is 5.88 Å². The van der Waals surface area contributed by atoms with Crippen molar-refractivity contribution in [2.24, 2.45) is 0 Å². The Labute approximate surface area is 177 Å². The predicted molar refractivity (Wildman–Crippen MR) is 110 cm³/mol. The van der Waals surface area contributed by atoms with E-state index in [0.717, 1.165) is 5.56 Å². The van der Waals surface area contributed by atoms with Crippen LogP contribution in [0.5, 0.6) is 0 Å². The van der Waals surface area contributed by atoms with Gasteiger partial charge in [-0.05, 0) is 48.0 Å². The maximum Gasteiger partial charge on any atom is 0.266 e. The smallest absolute Gasteiger partial charge is 0.266 e. The molecule has 0 saturated heterocycles. The summed E-state index contributed by atoms with van der Waals surface area (Å²) in [7, 11) is -3.97. The van der Waals surface area contributed by atoms with Crippen LogP contribution in [0.25, 0.3) is 11.7 Å². The highest BCUT2D eigenvalue weighted by molar-refractivity contribution is 7.91. The zero-order valence-corrected chi connectivity index (χ0v) is 17.1. The number of benzene rings is 2. The first kappa shape index (κ1) is 19.6. The summed E-state index contributed by atoms with van der Waals surface area (Å²) in [5.41, 5.74) is 0.778. The number of nitrogens with zero attached hydrogens (tertiary/aromatic N) is 1. The van der Waals surface area contributed by atoms with Crippen LogP contribution >= 0.6 is 23.2 Å². The van der Waals surface area contributed by atoms with E-state index in [1.54, 1.807) is 18.2 Å². The maximum atomic E-state index is 13.2. The fourth-order valence-electron chi connectivity index (χ4n) is 2.65. The van der Waals surface area contributed by atoms with E-state index in [9.17, 15) is 8.42 Å². The molecular weight excluding hydrogens is 435 g/mol. The molecule has 0 spiro atoms. The summed E-state index contributed by atoms with van der Waals surface area (Å²) in [4.78, 5) is 4.22. The largest absolute Gasteiger partial charge is 0.459 e. The molecule has 0 radical (unpaired) electrons. The van der Waals surface area contributed by atoms with Crippen LogP contribution in [-0.2, 0) is 16.4 Å². The number of oxazole rings is 1. The highest BCUT2D eigenvalue weighted by Crippen LogP contribution is 2.33. The fourth-order valence-corrected chi connectivity index (χ4v) is 4.26. The molecule has 2 aromatic carbocycles. The van der Waals surface area contributed by atoms with Gasteiger partial charge in [-0.15, -0.1) is 0 Å². The van der Waals surface area contributed by atoms with Gasteiger partial charge in [-0.25, -0.2) is 8.42 Å². The third-order valence-electron chi connectivity index (χ3n) is 4.10. The van der Waals surface area contributed by atoms with Crippen molar-refractivity contribution in [3.63, 3.8) is 0 Å². The molecule has 0 aliphatic rings. The Hall–Kier alpha value is -2.74. The van der Waals surface area contributed by atoms with Crippen molar-refractivity contribution in [2.45, 2.75) is 16.5 Å². The molecule has 4 rings (SSSR count). The lowest BCUT2D eigenvalue weighted by molar-refractivity contribution is 0.522. The van der Waals surface area contributed by atoms with Gasteiger partial charge in [-0.1, -0.05) is 41.4 Å². The standard InChI is InChI=1S/C20H14Cl2N2O4S/c21-14-7-9-15(10-8-14)29(25,26)20-19(23-12-13-4-1-2-5-16(13)22)28-18(24-20)17-6-3-11-27-17/h1-11,23H,12H2. The zero-order chi connectivity index (χ0) is 20.4. The molecule has 9 heteroatoms. The molecule has 2 aromatic heterocycles. The number of hydrogen-bond donors (Lipinski definition) is 1. The molecule has 0 bridgehead atoms. The molecule has 0 saturated carbocycles. The van der Waals surface area contributed by atoms with Gasteiger partial charge < -0.3 is 14.2 Å². The molecule has 6 nitrogen and oxygen atoms in total. The van der Waals surface area contributed by atoms with Crippen molar-refractivity contribution in [1.82, 2.24) is 4.98 Å². The van der Waals surface area contributed by atoms with Crippen molar-refractivity contribution < 1.29 is 17.3 Å². The van der Waals surface area contributed by atoms with E-state index >= 15 is 0 Å². The Balaban J connectivity index is 1.75. The van der Waals surface area contributed by atoms with Gasteiger partial charge in [0, 0.05) is 16.6 Å². The summed E-state index contributed by atoms with van der Waals surface area (Å²) in [5.74, 6) is 0.346. The minimum Gasteiger partial charge on any atom is -0.459 e. The van der Waals surface area contributed by atoms with Crippen molar-refractivity contribution in [3.8, 4) is 11.7 Å². The number of sulfone groups is 1. The monoisotopic (exact) mass is 448 g/mol. The van der Waals surface area contributed by atoms with Crippen LogP contribution in [0.2, 0.25) is 10.0 Å². The summed E-state index contributed by atoms with van der Waals surface area (Å²) in [6.07, 6.45) is 1.45. The summed E-state index contributed by atoms with van der Waals surface area (Å²) in [6.45, 7) is 0.246. The van der Waals surface area contributed by atoms with Crippen molar-refractivity contribution in [3.05, 3.63) is 82.5 Å². The molecule has 2 heterocycles. The highest BCUT2D eigenvalue weighted by Gasteiger charge is 2.29. The molecule has 0 aliphatic heterocycles. The summed E-state index contributed by atoms with van der Waals surface area (Å²) < 4.78 is 37.3. The van der Waals surface area contributed by atoms with Gasteiger partial charge in [0.15, 0.2) is 5.76 Å². The number of furan rings is 1. The van der Waals surface area contributed by atoms with Gasteiger partial charge in [0.05, 0.1) is 11.2 Å². The molecule has 0 amide bonds. The van der Waals surface area contributed by atoms with E-state index in [2.05, 4.69) is 10.3 Å². The first-order chi connectivity index (χ1) is 13.9. The molecular formula is C20H14Cl2N2O4S. The van der Waals surface area contributed by atoms with E-state index in [0.29, 0.717) is 15.8 Å². The lowest BCUT2D eigenvalue weighted by atomic mass is 10.2. The fraction of sp³-hybridized carbons (Fsp3) is 0.0500. The lowest BCUT2D eigenvalue weighted by Gasteiger charge is -2.07. The average molecular weight is 449 g/mol. The second kappa shape index (κ2) is 7.94. The Bertz CT molecular complexity index is 1230. The normalized spacial score (nSPS) is 11.5. The van der Waals surface area contributed by atoms with Crippen molar-refractivity contribution in [2.75, 3.05) is 5.32 Å². The number of aromatic nitrogens is 1. The van der Waals surface area contributed by atoms with E-state index in [4.69, 9.17) is 32.0 Å². The van der Waals surface area contributed by atoms with Gasteiger partial charge in [0.2, 0.25) is 20.7 Å². The Morgan fingerprint density at radius 2 is 1.72 bits per heavy atom. The summed E-state index contributed by atoms with van der Waals surface area (Å²) in [5, 5.41) is 3.71. The average Bonchev–Trinajstić information content (AvgIpc) is 3.38. The number of rotatable bonds is 6. The SMILES string of the molecule is O=S(=O)(c1ccc(Cl)cc1)c1nc(-c2ccco2)oc1NCc1ccccc1Cl. The number of nitrogens with one attached hydrogen (secondary N) is 1. The van der Waals surface area contributed by atoms with Crippen LogP contribution in [-0.4, -0.2) is 13.4 Å². The molecule has 0 atom stereocenters. The van der Waals surface area contributed by atoms with E-state index in [1.807, 2.05) is 18.2 Å². The van der Waals surface area contributed by atoms with E-state index < -0.39 is 9.84 Å². The number of halogens is 2. The Kier molecular flexibility index (Phi) is 5.36. The quantitative estimate of drug-likeness (QED) is 0.407. The van der Waals surface area contributed by atoms with E-state index in [-0.39, 0.29) is 28.2 Å². The Morgan fingerprint density at radius 1 is 0.966 bits per heavy atom. The van der Waals surface area contributed by atoms with Gasteiger partial charge in [-0.2, -0.15) is 4.98 Å². The van der Waals surface area contributed by atoms with Crippen LogP contribution in [0.1, 0.15) is 5.56 Å². The van der Waals surface area contributed by atoms with Gasteiger partial charge >= 0.3 is 0 Å². The van der Waals surface area contributed by atoms with Crippen LogP contribution in [0, 0.1) is 0 Å². The molecule has 0 fully saturated rings. The van der Waals surface area contributed by atoms with Gasteiger partial charge in [-0.3, -0.25) is 0 Å². The molecule has 4 aromatic rings. The zero-order valence-electron chi connectivity index (χ0n) is 14.8. The first-order valence-electron chi connectivity index (χ1n) is 8.48. The van der Waals surface area contributed by atoms with Gasteiger partial charge in [0.1, 0.15) is 0 Å². The van der Waals surface area contributed by atoms with Crippen LogP contribution in [0.15, 0.2) is 85.7 Å². The summed E-state index contributed by atoms with van der Waals surface area (Å²) >= 11 is 12.1. The molecule has 0 aliphatic carbocycles. The number of anilines is 1. The predicted octanol–water partition coefficient (Wildman–Crippen LogP) is 5.69. The molecule has 0 unspecified atom stereocenters. The second-order valence-corrected chi connectivity index (χ2v) is 8.74. The van der Waals surface area contributed by atoms with Gasteiger partial charge in [0.25, 0.3) is 5.89 Å². The molecule has 29 heavy (non-hydrogen) atoms. The third-order valence-corrected chi connectivity index (χ3v) is 6.40. The first-order valence-corrected chi connectivity index (χ1v) is 10.7. The topological polar surface area (TPSA) is 85.3 Å². The number of hydrogen-bond acceptors (Lipinski definition) is 6. The Morgan fingerprint density at radius 3 is 2.41 bits per heavy atom. The van der Waals surface area contributed by atoms with Crippen LogP contribution < -0.4 is 5.32 Å². The highest BCUT2D eigenvalue weighted by atomic mass is 35.5. The minimum absolute atomic E-state index is 0.00808. The minimum atomic E-state index is -3.97. The lowest BCUT2D eigenvalue weighted by Crippen LogP contribution is -2.07. The maximum absolute atomic E-state index is 13.2. The third kappa shape index (κ3) is 4.03. The van der Waals surface area contributed by atoms with Crippen molar-refractivity contribution in [1.29, 1.82) is 0 Å². The second-order valence-electron chi connectivity index (χ2n) is 6.03. The molecule has 148 valence electrons.